The van der Waals surface area contributed by atoms with Gasteiger partial charge >= 0.3 is 0 Å². The number of hydrogen-bond donors (Lipinski definition) is 5. The van der Waals surface area contributed by atoms with Crippen LogP contribution in [0.1, 0.15) is 201 Å². The van der Waals surface area contributed by atoms with Gasteiger partial charge in [-0.05, 0) is 44.6 Å². The van der Waals surface area contributed by atoms with Crippen LogP contribution in [0.2, 0.25) is 0 Å². The number of aliphatic hydroxyl groups excluding tert-OH is 4. The van der Waals surface area contributed by atoms with E-state index in [2.05, 4.69) is 25.7 Å². The Bertz CT molecular complexity index is 524. The summed E-state index contributed by atoms with van der Waals surface area (Å²) in [7, 11) is 0. The van der Waals surface area contributed by atoms with Gasteiger partial charge in [0.25, 0.3) is 6.47 Å². The van der Waals surface area contributed by atoms with E-state index in [-0.39, 0.29) is 58.5 Å². The van der Waals surface area contributed by atoms with Crippen molar-refractivity contribution < 1.29 is 63.0 Å². The minimum Gasteiger partial charge on any atom is -0.483 e. The van der Waals surface area contributed by atoms with Crippen LogP contribution in [0.4, 0.5) is 0 Å². The standard InChI is InChI=1S/C32H67NO3.C7H16O.CH2O2.Y/c1-3-5-7-9-12-16-22-31(23-17-13-10-8-6-4-2)24-18-14-11-15-20-26-33(27-29-35)30-32(36)25-19-21-28-34;1-2-3-4-5-6-7-8;2-1-3;/h31-32,34-36H,3-30H2,1-2H3;8H,2-7H2,1H3;1H,(H,2,3);. The topological polar surface area (TPSA) is 121 Å². The molecule has 1 radical (unpaired) electrons. The quantitative estimate of drug-likeness (QED) is 0.0322. The Hall–Kier alpha value is 0.374. The molecule has 7 nitrogen and oxygen atoms in total. The number of carbonyl (C=O) groups is 1. The van der Waals surface area contributed by atoms with Crippen molar-refractivity contribution in [2.75, 3.05) is 39.5 Å². The third-order valence-electron chi connectivity index (χ3n) is 9.11. The molecular formula is C40H85NO6Y. The summed E-state index contributed by atoms with van der Waals surface area (Å²) < 4.78 is 0. The van der Waals surface area contributed by atoms with Crippen molar-refractivity contribution in [2.24, 2.45) is 5.92 Å². The first-order valence-electron chi connectivity index (χ1n) is 20.3. The van der Waals surface area contributed by atoms with Gasteiger partial charge in [-0.2, -0.15) is 0 Å². The van der Waals surface area contributed by atoms with Crippen molar-refractivity contribution in [1.29, 1.82) is 0 Å². The molecule has 0 amide bonds. The van der Waals surface area contributed by atoms with Gasteiger partial charge in [0.2, 0.25) is 0 Å². The molecule has 8 heteroatoms. The largest absolute Gasteiger partial charge is 0.483 e. The molecule has 0 aliphatic carbocycles. The van der Waals surface area contributed by atoms with Crippen LogP contribution in [-0.2, 0) is 37.5 Å². The smallest absolute Gasteiger partial charge is 0.290 e. The van der Waals surface area contributed by atoms with Gasteiger partial charge in [-0.15, -0.1) is 0 Å². The number of hydrogen-bond acceptors (Lipinski definition) is 6. The van der Waals surface area contributed by atoms with Crippen molar-refractivity contribution in [2.45, 2.75) is 207 Å². The molecule has 289 valence electrons. The van der Waals surface area contributed by atoms with Crippen LogP contribution < -0.4 is 0 Å². The monoisotopic (exact) mass is 765 g/mol. The normalized spacial score (nSPS) is 11.4. The van der Waals surface area contributed by atoms with Gasteiger partial charge in [-0.1, -0.05) is 168 Å². The summed E-state index contributed by atoms with van der Waals surface area (Å²) in [6.07, 6.45) is 35.9. The molecule has 0 aliphatic rings. The maximum atomic E-state index is 10.2. The molecule has 0 rings (SSSR count). The van der Waals surface area contributed by atoms with E-state index in [0.717, 1.165) is 44.6 Å². The molecule has 0 fully saturated rings. The van der Waals surface area contributed by atoms with E-state index in [1.165, 1.54) is 148 Å². The molecule has 1 atom stereocenters. The van der Waals surface area contributed by atoms with E-state index in [0.29, 0.717) is 19.7 Å². The van der Waals surface area contributed by atoms with E-state index < -0.39 is 0 Å². The van der Waals surface area contributed by atoms with Gasteiger partial charge in [0.1, 0.15) is 0 Å². The number of aliphatic hydroxyl groups is 4. The first-order valence-corrected chi connectivity index (χ1v) is 20.3. The van der Waals surface area contributed by atoms with Crippen LogP contribution in [0.3, 0.4) is 0 Å². The molecule has 0 aromatic rings. The molecule has 0 heterocycles. The maximum absolute atomic E-state index is 10.2. The molecule has 0 saturated carbocycles. The Morgan fingerprint density at radius 2 is 0.812 bits per heavy atom. The zero-order chi connectivity index (χ0) is 35.5. The zero-order valence-corrected chi connectivity index (χ0v) is 35.3. The Labute approximate surface area is 324 Å². The molecule has 0 saturated heterocycles. The van der Waals surface area contributed by atoms with Crippen LogP contribution in [0, 0.1) is 5.92 Å². The maximum Gasteiger partial charge on any atom is 0.290 e. The summed E-state index contributed by atoms with van der Waals surface area (Å²) in [5.74, 6) is 0.953. The summed E-state index contributed by atoms with van der Waals surface area (Å²) in [5.41, 5.74) is 0. The molecule has 5 N–H and O–H groups in total. The molecular weight excluding hydrogens is 679 g/mol. The van der Waals surface area contributed by atoms with Gasteiger partial charge in [0.15, 0.2) is 0 Å². The Balaban J connectivity index is -0.000000690. The minimum atomic E-state index is -0.349. The summed E-state index contributed by atoms with van der Waals surface area (Å²) in [6.45, 7) is 9.52. The molecule has 1 unspecified atom stereocenters. The number of nitrogens with zero attached hydrogens (tertiary/aromatic N) is 1. The van der Waals surface area contributed by atoms with Gasteiger partial charge in [0.05, 0.1) is 12.7 Å². The Kier molecular flexibility index (Phi) is 59.4. The average molecular weight is 765 g/mol. The Morgan fingerprint density at radius 1 is 0.479 bits per heavy atom. The summed E-state index contributed by atoms with van der Waals surface area (Å²) in [5, 5.41) is 43.7. The summed E-state index contributed by atoms with van der Waals surface area (Å²) >= 11 is 0. The Morgan fingerprint density at radius 3 is 1.21 bits per heavy atom. The second-order valence-electron chi connectivity index (χ2n) is 13.7. The van der Waals surface area contributed by atoms with Crippen LogP contribution in [0.25, 0.3) is 0 Å². The van der Waals surface area contributed by atoms with E-state index in [1.54, 1.807) is 0 Å². The average Bonchev–Trinajstić information content (AvgIpc) is 3.06. The summed E-state index contributed by atoms with van der Waals surface area (Å²) in [4.78, 5) is 10.6. The molecule has 0 aromatic heterocycles. The third kappa shape index (κ3) is 50.7. The van der Waals surface area contributed by atoms with Crippen molar-refractivity contribution >= 4 is 6.47 Å². The number of carboxylic acid groups (broad SMARTS) is 1. The summed E-state index contributed by atoms with van der Waals surface area (Å²) in [6, 6.07) is 0. The van der Waals surface area contributed by atoms with Crippen molar-refractivity contribution in [3.63, 3.8) is 0 Å². The van der Waals surface area contributed by atoms with Gasteiger partial charge in [0, 0.05) is 59.0 Å². The van der Waals surface area contributed by atoms with Crippen molar-refractivity contribution in [3.8, 4) is 0 Å². The number of rotatable bonds is 35. The van der Waals surface area contributed by atoms with E-state index >= 15 is 0 Å². The van der Waals surface area contributed by atoms with Crippen LogP contribution in [0.15, 0.2) is 0 Å². The molecule has 0 spiro atoms. The molecule has 48 heavy (non-hydrogen) atoms. The van der Waals surface area contributed by atoms with Crippen LogP contribution in [-0.4, -0.2) is 82.5 Å². The van der Waals surface area contributed by atoms with Crippen LogP contribution in [0.5, 0.6) is 0 Å². The second kappa shape index (κ2) is 51.7. The van der Waals surface area contributed by atoms with E-state index in [1.807, 2.05) is 0 Å². The molecule has 0 aliphatic heterocycles. The third-order valence-corrected chi connectivity index (χ3v) is 9.11. The first-order chi connectivity index (χ1) is 23.0. The fourth-order valence-corrected chi connectivity index (χ4v) is 6.19. The molecule has 0 bridgehead atoms. The predicted molar refractivity (Wildman–Crippen MR) is 202 cm³/mol. The number of unbranched alkanes of at least 4 members (excludes halogenated alkanes) is 19. The second-order valence-corrected chi connectivity index (χ2v) is 13.7. The fourth-order valence-electron chi connectivity index (χ4n) is 6.19. The van der Waals surface area contributed by atoms with E-state index in [9.17, 15) is 10.2 Å². The van der Waals surface area contributed by atoms with Gasteiger partial charge < -0.3 is 25.5 Å². The van der Waals surface area contributed by atoms with Crippen LogP contribution >= 0.6 is 0 Å². The van der Waals surface area contributed by atoms with Crippen molar-refractivity contribution in [3.05, 3.63) is 0 Å². The minimum absolute atomic E-state index is 0. The molecule has 0 aromatic carbocycles. The van der Waals surface area contributed by atoms with Gasteiger partial charge in [-0.25, -0.2) is 0 Å². The first kappa shape index (κ1) is 55.1. The fraction of sp³-hybridized carbons (Fsp3) is 0.975. The SMILES string of the molecule is CCCCCCCCC(CCCCCCCC)CCCCCCCN(CCO)CC(O)CCCCO.CCCCCCCO.O=CO.[Y]. The van der Waals surface area contributed by atoms with Crippen molar-refractivity contribution in [1.82, 2.24) is 4.90 Å². The van der Waals surface area contributed by atoms with E-state index in [4.69, 9.17) is 20.1 Å². The van der Waals surface area contributed by atoms with Gasteiger partial charge in [-0.3, -0.25) is 9.69 Å². The predicted octanol–water partition coefficient (Wildman–Crippen LogP) is 9.91. The zero-order valence-electron chi connectivity index (χ0n) is 32.4.